The molecule has 1 aliphatic heterocycles. The highest BCUT2D eigenvalue weighted by Gasteiger charge is 2.58. The predicted octanol–water partition coefficient (Wildman–Crippen LogP) is 2.76. The van der Waals surface area contributed by atoms with Crippen LogP contribution in [-0.2, 0) is 10.5 Å². The van der Waals surface area contributed by atoms with Gasteiger partial charge in [-0.2, -0.15) is 0 Å². The first-order valence-electron chi connectivity index (χ1n) is 7.75. The van der Waals surface area contributed by atoms with E-state index in [1.54, 1.807) is 4.68 Å². The summed E-state index contributed by atoms with van der Waals surface area (Å²) in [5.74, 6) is 0.674. The minimum absolute atomic E-state index is 0.0814. The predicted molar refractivity (Wildman–Crippen MR) is 88.1 cm³/mol. The molecule has 0 amide bonds. The molecule has 0 saturated heterocycles. The highest BCUT2D eigenvalue weighted by molar-refractivity contribution is 8.00. The molecular weight excluding hydrogens is 310 g/mol. The van der Waals surface area contributed by atoms with Crippen molar-refractivity contribution in [1.29, 1.82) is 0 Å². The SMILES string of the molecule is Cc1ccc(-c2nc3n(n2)[C@]2(O)CC(C)(C)CC(=O)[C@H]2S3)cc1. The summed E-state index contributed by atoms with van der Waals surface area (Å²) in [5, 5.41) is 15.9. The Labute approximate surface area is 139 Å². The third kappa shape index (κ3) is 2.23. The molecule has 120 valence electrons. The molecule has 0 unspecified atom stereocenters. The molecule has 1 fully saturated rings. The molecule has 4 rings (SSSR count). The van der Waals surface area contributed by atoms with Crippen LogP contribution >= 0.6 is 11.8 Å². The van der Waals surface area contributed by atoms with Gasteiger partial charge in [-0.25, -0.2) is 9.67 Å². The maximum atomic E-state index is 12.4. The molecule has 0 radical (unpaired) electrons. The van der Waals surface area contributed by atoms with Crippen molar-refractivity contribution in [3.05, 3.63) is 29.8 Å². The fourth-order valence-corrected chi connectivity index (χ4v) is 4.82. The quantitative estimate of drug-likeness (QED) is 0.871. The van der Waals surface area contributed by atoms with Crippen LogP contribution in [0.1, 0.15) is 32.3 Å². The zero-order chi connectivity index (χ0) is 16.4. The summed E-state index contributed by atoms with van der Waals surface area (Å²) in [5.41, 5.74) is 0.586. The van der Waals surface area contributed by atoms with E-state index in [9.17, 15) is 9.90 Å². The molecule has 5 nitrogen and oxygen atoms in total. The summed E-state index contributed by atoms with van der Waals surface area (Å²) in [6.45, 7) is 6.06. The van der Waals surface area contributed by atoms with E-state index in [-0.39, 0.29) is 11.2 Å². The van der Waals surface area contributed by atoms with E-state index >= 15 is 0 Å². The van der Waals surface area contributed by atoms with Crippen LogP contribution in [0.5, 0.6) is 0 Å². The molecule has 1 saturated carbocycles. The largest absolute Gasteiger partial charge is 0.368 e. The number of carbonyl (C=O) groups is 1. The van der Waals surface area contributed by atoms with Crippen molar-refractivity contribution in [2.45, 2.75) is 49.7 Å². The standard InChI is InChI=1S/C17H19N3O2S/c1-10-4-6-11(7-5-10)14-18-15-20(19-14)17(22)9-16(2,3)8-12(21)13(17)23-15/h4-7,13,22H,8-9H2,1-3H3/t13-,17+/m1/s1. The molecule has 2 aliphatic rings. The summed E-state index contributed by atoms with van der Waals surface area (Å²) in [6, 6.07) is 7.98. The van der Waals surface area contributed by atoms with Crippen LogP contribution < -0.4 is 0 Å². The van der Waals surface area contributed by atoms with Crippen LogP contribution in [0.3, 0.4) is 0 Å². The molecule has 0 bridgehead atoms. The number of fused-ring (bicyclic) bond motifs is 3. The van der Waals surface area contributed by atoms with Crippen molar-refractivity contribution in [3.63, 3.8) is 0 Å². The monoisotopic (exact) mass is 329 g/mol. The third-order valence-corrected chi connectivity index (χ3v) is 5.93. The number of hydrogen-bond donors (Lipinski definition) is 1. The molecular formula is C17H19N3O2S. The van der Waals surface area contributed by atoms with Gasteiger partial charge in [-0.15, -0.1) is 5.10 Å². The zero-order valence-electron chi connectivity index (χ0n) is 13.4. The second-order valence-electron chi connectivity index (χ2n) is 7.36. The molecule has 1 aromatic heterocycles. The molecule has 1 aliphatic carbocycles. The van der Waals surface area contributed by atoms with E-state index in [0.29, 0.717) is 23.8 Å². The Morgan fingerprint density at radius 3 is 2.70 bits per heavy atom. The second-order valence-corrected chi connectivity index (χ2v) is 8.43. The lowest BCUT2D eigenvalue weighted by atomic mass is 9.72. The summed E-state index contributed by atoms with van der Waals surface area (Å²) in [7, 11) is 0. The van der Waals surface area contributed by atoms with Crippen molar-refractivity contribution >= 4 is 17.5 Å². The fourth-order valence-electron chi connectivity index (χ4n) is 3.58. The Kier molecular flexibility index (Phi) is 3.03. The number of rotatable bonds is 1. The summed E-state index contributed by atoms with van der Waals surface area (Å²) in [6.07, 6.45) is 0.996. The van der Waals surface area contributed by atoms with Gasteiger partial charge in [0.05, 0.1) is 0 Å². The van der Waals surface area contributed by atoms with E-state index in [1.165, 1.54) is 17.3 Å². The number of aliphatic hydroxyl groups is 1. The number of Topliss-reactive ketones (excluding diaryl/α,β-unsaturated/α-hetero) is 1. The Bertz CT molecular complexity index is 797. The molecule has 0 spiro atoms. The highest BCUT2D eigenvalue weighted by Crippen LogP contribution is 2.52. The zero-order valence-corrected chi connectivity index (χ0v) is 14.2. The van der Waals surface area contributed by atoms with E-state index < -0.39 is 11.0 Å². The maximum absolute atomic E-state index is 12.4. The fraction of sp³-hybridized carbons (Fsp3) is 0.471. The Hall–Kier alpha value is -1.66. The van der Waals surface area contributed by atoms with E-state index in [4.69, 9.17) is 0 Å². The third-order valence-electron chi connectivity index (χ3n) is 4.58. The lowest BCUT2D eigenvalue weighted by Crippen LogP contribution is -2.52. The first-order valence-corrected chi connectivity index (χ1v) is 8.63. The van der Waals surface area contributed by atoms with Crippen LogP contribution in [0.15, 0.2) is 29.4 Å². The number of hydrogen-bond acceptors (Lipinski definition) is 5. The summed E-state index contributed by atoms with van der Waals surface area (Å²) >= 11 is 1.34. The lowest BCUT2D eigenvalue weighted by Gasteiger charge is -2.41. The Balaban J connectivity index is 1.77. The molecule has 2 heterocycles. The van der Waals surface area contributed by atoms with Gasteiger partial charge in [0.2, 0.25) is 0 Å². The average Bonchev–Trinajstić information content (AvgIpc) is 2.97. The van der Waals surface area contributed by atoms with Gasteiger partial charge in [-0.3, -0.25) is 4.79 Å². The Morgan fingerprint density at radius 2 is 2.00 bits per heavy atom. The maximum Gasteiger partial charge on any atom is 0.190 e. The smallest absolute Gasteiger partial charge is 0.190 e. The van der Waals surface area contributed by atoms with Crippen LogP contribution in [0.25, 0.3) is 11.4 Å². The van der Waals surface area contributed by atoms with Gasteiger partial charge in [-0.1, -0.05) is 55.4 Å². The number of nitrogens with zero attached hydrogens (tertiary/aromatic N) is 3. The van der Waals surface area contributed by atoms with Crippen LogP contribution in [0.2, 0.25) is 0 Å². The molecule has 1 aromatic carbocycles. The minimum atomic E-state index is -1.27. The highest BCUT2D eigenvalue weighted by atomic mass is 32.2. The number of ketones is 1. The average molecular weight is 329 g/mol. The van der Waals surface area contributed by atoms with Crippen LogP contribution in [-0.4, -0.2) is 30.9 Å². The number of benzene rings is 1. The van der Waals surface area contributed by atoms with E-state index in [2.05, 4.69) is 10.1 Å². The van der Waals surface area contributed by atoms with Gasteiger partial charge >= 0.3 is 0 Å². The first kappa shape index (κ1) is 14.9. The van der Waals surface area contributed by atoms with Crippen molar-refractivity contribution in [3.8, 4) is 11.4 Å². The lowest BCUT2D eigenvalue weighted by molar-refractivity contribution is -0.146. The minimum Gasteiger partial charge on any atom is -0.368 e. The second kappa shape index (κ2) is 4.68. The summed E-state index contributed by atoms with van der Waals surface area (Å²) < 4.78 is 1.57. The number of aromatic nitrogens is 3. The van der Waals surface area contributed by atoms with Gasteiger partial charge in [0.1, 0.15) is 5.25 Å². The number of aryl methyl sites for hydroxylation is 1. The molecule has 23 heavy (non-hydrogen) atoms. The molecule has 2 aromatic rings. The first-order chi connectivity index (χ1) is 10.8. The Morgan fingerprint density at radius 1 is 1.30 bits per heavy atom. The van der Waals surface area contributed by atoms with Crippen molar-refractivity contribution in [2.24, 2.45) is 5.41 Å². The van der Waals surface area contributed by atoms with Crippen molar-refractivity contribution < 1.29 is 9.90 Å². The summed E-state index contributed by atoms with van der Waals surface area (Å²) in [4.78, 5) is 17.0. The molecule has 2 atom stereocenters. The normalized spacial score (nSPS) is 28.5. The molecule has 1 N–H and O–H groups in total. The van der Waals surface area contributed by atoms with E-state index in [0.717, 1.165) is 5.56 Å². The van der Waals surface area contributed by atoms with E-state index in [1.807, 2.05) is 45.0 Å². The van der Waals surface area contributed by atoms with Crippen LogP contribution in [0.4, 0.5) is 0 Å². The topological polar surface area (TPSA) is 68.0 Å². The van der Waals surface area contributed by atoms with Gasteiger partial charge in [0.15, 0.2) is 22.5 Å². The molecule has 6 heteroatoms. The van der Waals surface area contributed by atoms with Crippen molar-refractivity contribution in [1.82, 2.24) is 14.8 Å². The van der Waals surface area contributed by atoms with Crippen LogP contribution in [0, 0.1) is 12.3 Å². The number of carbonyl (C=O) groups excluding carboxylic acids is 1. The van der Waals surface area contributed by atoms with Gasteiger partial charge in [0.25, 0.3) is 0 Å². The number of thioether (sulfide) groups is 1. The van der Waals surface area contributed by atoms with Gasteiger partial charge in [-0.05, 0) is 12.3 Å². The van der Waals surface area contributed by atoms with Crippen molar-refractivity contribution in [2.75, 3.05) is 0 Å². The van der Waals surface area contributed by atoms with Gasteiger partial charge in [0, 0.05) is 18.4 Å². The van der Waals surface area contributed by atoms with Gasteiger partial charge < -0.3 is 5.11 Å².